The molecule has 1 rings (SSSR count). The zero-order chi connectivity index (χ0) is 11.5. The molecule has 0 radical (unpaired) electrons. The highest BCUT2D eigenvalue weighted by molar-refractivity contribution is 7.98. The van der Waals surface area contributed by atoms with Crippen molar-refractivity contribution in [1.29, 1.82) is 0 Å². The normalized spacial score (nSPS) is 11.2. The third-order valence-electron chi connectivity index (χ3n) is 2.04. The van der Waals surface area contributed by atoms with Crippen molar-refractivity contribution in [3.8, 4) is 0 Å². The van der Waals surface area contributed by atoms with Gasteiger partial charge in [0, 0.05) is 10.3 Å². The van der Waals surface area contributed by atoms with Gasteiger partial charge in [0.15, 0.2) is 0 Å². The van der Waals surface area contributed by atoms with Crippen molar-refractivity contribution < 1.29 is 4.79 Å². The number of anilines is 1. The van der Waals surface area contributed by atoms with Crippen LogP contribution in [-0.2, 0) is 4.79 Å². The number of thioether (sulfide) groups is 1. The summed E-state index contributed by atoms with van der Waals surface area (Å²) in [5.74, 6) is 0.0454. The van der Waals surface area contributed by atoms with Crippen LogP contribution in [0.4, 0.5) is 5.69 Å². The predicted molar refractivity (Wildman–Crippen MR) is 66.3 cm³/mol. The van der Waals surface area contributed by atoms with Crippen LogP contribution in [0.5, 0.6) is 0 Å². The fraction of sp³-hybridized carbons (Fsp3) is 0.417. The average molecular weight is 223 g/mol. The molecule has 0 aliphatic heterocycles. The third kappa shape index (κ3) is 3.27. The van der Waals surface area contributed by atoms with Crippen LogP contribution in [0.25, 0.3) is 0 Å². The monoisotopic (exact) mass is 223 g/mol. The first-order valence-corrected chi connectivity index (χ1v) is 6.12. The molecule has 1 amide bonds. The van der Waals surface area contributed by atoms with Gasteiger partial charge in [0.05, 0.1) is 5.69 Å². The fourth-order valence-electron chi connectivity index (χ4n) is 1.06. The van der Waals surface area contributed by atoms with E-state index in [0.717, 1.165) is 10.6 Å². The summed E-state index contributed by atoms with van der Waals surface area (Å²) in [5.41, 5.74) is 0.538. The highest BCUT2D eigenvalue weighted by atomic mass is 32.2. The van der Waals surface area contributed by atoms with Gasteiger partial charge >= 0.3 is 0 Å². The van der Waals surface area contributed by atoms with Gasteiger partial charge in [0.25, 0.3) is 0 Å². The molecule has 0 fully saturated rings. The van der Waals surface area contributed by atoms with Gasteiger partial charge in [-0.3, -0.25) is 4.79 Å². The molecule has 0 saturated heterocycles. The summed E-state index contributed by atoms with van der Waals surface area (Å²) in [7, 11) is 0. The number of benzene rings is 1. The van der Waals surface area contributed by atoms with Crippen LogP contribution in [-0.4, -0.2) is 12.2 Å². The zero-order valence-corrected chi connectivity index (χ0v) is 10.4. The molecule has 15 heavy (non-hydrogen) atoms. The summed E-state index contributed by atoms with van der Waals surface area (Å²) in [6.45, 7) is 5.72. The molecule has 0 aromatic heterocycles. The first kappa shape index (κ1) is 12.1. The Labute approximate surface area is 95.5 Å². The number of hydrogen-bond donors (Lipinski definition) is 1. The summed E-state index contributed by atoms with van der Waals surface area (Å²) >= 11 is 1.63. The Balaban J connectivity index is 2.85. The standard InChI is InChI=1S/C12H17NOS/c1-12(2,3)11(14)13-9-7-5-6-8-10(9)15-4/h5-8H,1-4H3,(H,13,14). The van der Waals surface area contributed by atoms with Gasteiger partial charge in [-0.1, -0.05) is 32.9 Å². The van der Waals surface area contributed by atoms with Crippen LogP contribution in [0.3, 0.4) is 0 Å². The van der Waals surface area contributed by atoms with Crippen LogP contribution < -0.4 is 5.32 Å². The molecule has 1 N–H and O–H groups in total. The van der Waals surface area contributed by atoms with Gasteiger partial charge < -0.3 is 5.32 Å². The molecule has 0 aliphatic rings. The molecule has 0 heterocycles. The van der Waals surface area contributed by atoms with Gasteiger partial charge in [-0.25, -0.2) is 0 Å². The maximum Gasteiger partial charge on any atom is 0.229 e. The molecular weight excluding hydrogens is 206 g/mol. The van der Waals surface area contributed by atoms with Crippen molar-refractivity contribution in [2.45, 2.75) is 25.7 Å². The molecule has 0 spiro atoms. The van der Waals surface area contributed by atoms with Crippen molar-refractivity contribution in [3.63, 3.8) is 0 Å². The molecule has 3 heteroatoms. The topological polar surface area (TPSA) is 29.1 Å². The van der Waals surface area contributed by atoms with Crippen LogP contribution in [0, 0.1) is 5.41 Å². The Morgan fingerprint density at radius 3 is 2.40 bits per heavy atom. The van der Waals surface area contributed by atoms with Crippen molar-refractivity contribution in [1.82, 2.24) is 0 Å². The van der Waals surface area contributed by atoms with E-state index in [1.165, 1.54) is 0 Å². The number of carbonyl (C=O) groups is 1. The second-order valence-corrected chi connectivity index (χ2v) is 5.25. The Hall–Kier alpha value is -0.960. The summed E-state index contributed by atoms with van der Waals surface area (Å²) in [5, 5.41) is 2.94. The van der Waals surface area contributed by atoms with Crippen molar-refractivity contribution in [2.75, 3.05) is 11.6 Å². The lowest BCUT2D eigenvalue weighted by Gasteiger charge is -2.18. The van der Waals surface area contributed by atoms with Gasteiger partial charge in [-0.05, 0) is 18.4 Å². The van der Waals surface area contributed by atoms with E-state index >= 15 is 0 Å². The Morgan fingerprint density at radius 2 is 1.87 bits per heavy atom. The highest BCUT2D eigenvalue weighted by Crippen LogP contribution is 2.26. The maximum atomic E-state index is 11.8. The van der Waals surface area contributed by atoms with E-state index < -0.39 is 0 Å². The molecule has 0 aliphatic carbocycles. The molecule has 0 unspecified atom stereocenters. The van der Waals surface area contributed by atoms with Crippen LogP contribution in [0.2, 0.25) is 0 Å². The van der Waals surface area contributed by atoms with E-state index in [2.05, 4.69) is 5.32 Å². The lowest BCUT2D eigenvalue weighted by Crippen LogP contribution is -2.27. The molecule has 1 aromatic rings. The van der Waals surface area contributed by atoms with E-state index in [-0.39, 0.29) is 11.3 Å². The summed E-state index contributed by atoms with van der Waals surface area (Å²) in [6.07, 6.45) is 2.00. The number of rotatable bonds is 2. The number of carbonyl (C=O) groups excluding carboxylic acids is 1. The van der Waals surface area contributed by atoms with Gasteiger partial charge in [0.2, 0.25) is 5.91 Å². The maximum absolute atomic E-state index is 11.8. The first-order valence-electron chi connectivity index (χ1n) is 4.89. The molecule has 0 atom stereocenters. The van der Waals surface area contributed by atoms with E-state index in [1.54, 1.807) is 11.8 Å². The SMILES string of the molecule is CSc1ccccc1NC(=O)C(C)(C)C. The Bertz CT molecular complexity index is 355. The summed E-state index contributed by atoms with van der Waals surface area (Å²) in [4.78, 5) is 12.9. The Morgan fingerprint density at radius 1 is 1.27 bits per heavy atom. The Kier molecular flexibility index (Phi) is 3.80. The van der Waals surface area contributed by atoms with E-state index in [9.17, 15) is 4.79 Å². The predicted octanol–water partition coefficient (Wildman–Crippen LogP) is 3.39. The van der Waals surface area contributed by atoms with E-state index in [4.69, 9.17) is 0 Å². The lowest BCUT2D eigenvalue weighted by atomic mass is 9.95. The summed E-state index contributed by atoms with van der Waals surface area (Å²) in [6, 6.07) is 7.83. The van der Waals surface area contributed by atoms with Crippen LogP contribution in [0.15, 0.2) is 29.2 Å². The minimum atomic E-state index is -0.356. The van der Waals surface area contributed by atoms with E-state index in [1.807, 2.05) is 51.3 Å². The minimum absolute atomic E-state index is 0.0454. The number of nitrogens with one attached hydrogen (secondary N) is 1. The quantitative estimate of drug-likeness (QED) is 0.779. The second kappa shape index (κ2) is 4.71. The van der Waals surface area contributed by atoms with Crippen LogP contribution in [0.1, 0.15) is 20.8 Å². The minimum Gasteiger partial charge on any atom is -0.325 e. The first-order chi connectivity index (χ1) is 6.95. The molecule has 2 nitrogen and oxygen atoms in total. The lowest BCUT2D eigenvalue weighted by molar-refractivity contribution is -0.123. The fourth-order valence-corrected chi connectivity index (χ4v) is 1.61. The molecule has 82 valence electrons. The number of para-hydroxylation sites is 1. The van der Waals surface area contributed by atoms with E-state index in [0.29, 0.717) is 0 Å². The second-order valence-electron chi connectivity index (χ2n) is 4.40. The average Bonchev–Trinajstić information content (AvgIpc) is 2.17. The smallest absolute Gasteiger partial charge is 0.229 e. The molecule has 1 aromatic carbocycles. The number of hydrogen-bond acceptors (Lipinski definition) is 2. The largest absolute Gasteiger partial charge is 0.325 e. The van der Waals surface area contributed by atoms with Crippen molar-refractivity contribution >= 4 is 23.4 Å². The van der Waals surface area contributed by atoms with Crippen molar-refractivity contribution in [2.24, 2.45) is 5.41 Å². The molecule has 0 saturated carbocycles. The van der Waals surface area contributed by atoms with Gasteiger partial charge in [0.1, 0.15) is 0 Å². The van der Waals surface area contributed by atoms with Crippen molar-refractivity contribution in [3.05, 3.63) is 24.3 Å². The highest BCUT2D eigenvalue weighted by Gasteiger charge is 2.21. The molecule has 0 bridgehead atoms. The van der Waals surface area contributed by atoms with Gasteiger partial charge in [-0.2, -0.15) is 0 Å². The third-order valence-corrected chi connectivity index (χ3v) is 2.83. The summed E-state index contributed by atoms with van der Waals surface area (Å²) < 4.78 is 0. The molecular formula is C12H17NOS. The zero-order valence-electron chi connectivity index (χ0n) is 9.63. The van der Waals surface area contributed by atoms with Gasteiger partial charge in [-0.15, -0.1) is 11.8 Å². The number of amides is 1. The van der Waals surface area contributed by atoms with Crippen LogP contribution >= 0.6 is 11.8 Å².